The zero-order valence-electron chi connectivity index (χ0n) is 16.4. The van der Waals surface area contributed by atoms with Crippen molar-refractivity contribution in [1.82, 2.24) is 9.21 Å². The van der Waals surface area contributed by atoms with E-state index in [9.17, 15) is 22.0 Å². The Balaban J connectivity index is 1.68. The third kappa shape index (κ3) is 4.48. The van der Waals surface area contributed by atoms with Crippen molar-refractivity contribution < 1.29 is 22.0 Å². The fourth-order valence-corrected chi connectivity index (χ4v) is 4.74. The lowest BCUT2D eigenvalue weighted by Gasteiger charge is -2.34. The molecule has 0 unspecified atom stereocenters. The van der Waals surface area contributed by atoms with Crippen LogP contribution in [0.3, 0.4) is 0 Å². The van der Waals surface area contributed by atoms with Crippen LogP contribution in [0.25, 0.3) is 0 Å². The standard InChI is InChI=1S/C21H24F2N2O3S/c1-3-15(2)16-4-7-18(8-5-16)29(27,28)25-12-10-24(11-13-25)21(26)19-9-6-17(22)14-20(19)23/h4-9,14-15H,3,10-13H2,1-2H3/t15-/m1/s1. The van der Waals surface area contributed by atoms with Crippen LogP contribution in [0, 0.1) is 11.6 Å². The predicted octanol–water partition coefficient (Wildman–Crippen LogP) is 3.63. The maximum atomic E-state index is 13.9. The van der Waals surface area contributed by atoms with Gasteiger partial charge >= 0.3 is 0 Å². The molecule has 2 aromatic carbocycles. The molecule has 1 aliphatic rings. The molecule has 3 rings (SSSR count). The minimum absolute atomic E-state index is 0.115. The van der Waals surface area contributed by atoms with E-state index in [1.807, 2.05) is 12.1 Å². The van der Waals surface area contributed by atoms with Crippen LogP contribution in [0.1, 0.15) is 42.1 Å². The van der Waals surface area contributed by atoms with Crippen LogP contribution >= 0.6 is 0 Å². The first-order valence-corrected chi connectivity index (χ1v) is 11.0. The third-order valence-corrected chi connectivity index (χ3v) is 7.30. The quantitative estimate of drug-likeness (QED) is 0.740. The molecule has 1 heterocycles. The topological polar surface area (TPSA) is 57.7 Å². The molecule has 1 atom stereocenters. The molecule has 1 saturated heterocycles. The van der Waals surface area contributed by atoms with Gasteiger partial charge < -0.3 is 4.90 Å². The van der Waals surface area contributed by atoms with Crippen molar-refractivity contribution in [3.8, 4) is 0 Å². The lowest BCUT2D eigenvalue weighted by Crippen LogP contribution is -2.50. The van der Waals surface area contributed by atoms with Gasteiger partial charge in [0, 0.05) is 32.2 Å². The fourth-order valence-electron chi connectivity index (χ4n) is 3.32. The van der Waals surface area contributed by atoms with Gasteiger partial charge in [0.25, 0.3) is 5.91 Å². The van der Waals surface area contributed by atoms with Crippen molar-refractivity contribution >= 4 is 15.9 Å². The largest absolute Gasteiger partial charge is 0.336 e. The minimum atomic E-state index is -3.67. The van der Waals surface area contributed by atoms with Crippen molar-refractivity contribution in [3.05, 3.63) is 65.2 Å². The summed E-state index contributed by atoms with van der Waals surface area (Å²) < 4.78 is 54.0. The van der Waals surface area contributed by atoms with E-state index in [-0.39, 0.29) is 36.6 Å². The van der Waals surface area contributed by atoms with Crippen LogP contribution in [-0.2, 0) is 10.0 Å². The van der Waals surface area contributed by atoms with E-state index in [1.54, 1.807) is 12.1 Å². The molecule has 1 aliphatic heterocycles. The van der Waals surface area contributed by atoms with Crippen LogP contribution in [-0.4, -0.2) is 49.7 Å². The summed E-state index contributed by atoms with van der Waals surface area (Å²) in [7, 11) is -3.67. The van der Waals surface area contributed by atoms with Gasteiger partial charge in [-0.25, -0.2) is 17.2 Å². The second-order valence-electron chi connectivity index (χ2n) is 7.20. The summed E-state index contributed by atoms with van der Waals surface area (Å²) >= 11 is 0. The molecular formula is C21H24F2N2O3S. The van der Waals surface area contributed by atoms with E-state index in [2.05, 4.69) is 13.8 Å². The number of benzene rings is 2. The zero-order chi connectivity index (χ0) is 21.2. The molecule has 156 valence electrons. The first kappa shape index (κ1) is 21.4. The number of piperazine rings is 1. The van der Waals surface area contributed by atoms with Crippen LogP contribution < -0.4 is 0 Å². The summed E-state index contributed by atoms with van der Waals surface area (Å²) in [6.45, 7) is 4.67. The van der Waals surface area contributed by atoms with E-state index in [4.69, 9.17) is 0 Å². The highest BCUT2D eigenvalue weighted by Crippen LogP contribution is 2.23. The van der Waals surface area contributed by atoms with Gasteiger partial charge in [0.1, 0.15) is 11.6 Å². The van der Waals surface area contributed by atoms with Crippen molar-refractivity contribution in [2.45, 2.75) is 31.1 Å². The van der Waals surface area contributed by atoms with Gasteiger partial charge in [-0.05, 0) is 42.2 Å². The van der Waals surface area contributed by atoms with Gasteiger partial charge in [0.05, 0.1) is 10.5 Å². The molecule has 0 aliphatic carbocycles. The number of carbonyl (C=O) groups is 1. The van der Waals surface area contributed by atoms with E-state index in [0.717, 1.165) is 24.1 Å². The number of carbonyl (C=O) groups excluding carboxylic acids is 1. The highest BCUT2D eigenvalue weighted by Gasteiger charge is 2.31. The number of hydrogen-bond donors (Lipinski definition) is 0. The summed E-state index contributed by atoms with van der Waals surface area (Å²) in [6, 6.07) is 9.69. The first-order valence-electron chi connectivity index (χ1n) is 9.58. The number of hydrogen-bond acceptors (Lipinski definition) is 3. The highest BCUT2D eigenvalue weighted by atomic mass is 32.2. The summed E-state index contributed by atoms with van der Waals surface area (Å²) in [5.41, 5.74) is 0.867. The molecule has 1 fully saturated rings. The molecule has 5 nitrogen and oxygen atoms in total. The van der Waals surface area contributed by atoms with E-state index in [0.29, 0.717) is 12.0 Å². The molecule has 0 saturated carbocycles. The molecule has 0 aromatic heterocycles. The molecule has 0 N–H and O–H groups in total. The zero-order valence-corrected chi connectivity index (χ0v) is 17.3. The Morgan fingerprint density at radius 3 is 2.21 bits per heavy atom. The molecule has 0 spiro atoms. The van der Waals surface area contributed by atoms with Gasteiger partial charge in [-0.15, -0.1) is 0 Å². The summed E-state index contributed by atoms with van der Waals surface area (Å²) in [5.74, 6) is -1.90. The smallest absolute Gasteiger partial charge is 0.256 e. The van der Waals surface area contributed by atoms with Gasteiger partial charge in [0.2, 0.25) is 10.0 Å². The molecule has 1 amide bonds. The normalized spacial score (nSPS) is 16.6. The van der Waals surface area contributed by atoms with Gasteiger partial charge in [-0.3, -0.25) is 4.79 Å². The average molecular weight is 422 g/mol. The van der Waals surface area contributed by atoms with Crippen molar-refractivity contribution in [2.75, 3.05) is 26.2 Å². The lowest BCUT2D eigenvalue weighted by molar-refractivity contribution is 0.0693. The maximum Gasteiger partial charge on any atom is 0.256 e. The fraction of sp³-hybridized carbons (Fsp3) is 0.381. The third-order valence-electron chi connectivity index (χ3n) is 5.39. The molecule has 8 heteroatoms. The van der Waals surface area contributed by atoms with Gasteiger partial charge in [0.15, 0.2) is 0 Å². The Kier molecular flexibility index (Phi) is 6.33. The van der Waals surface area contributed by atoms with Gasteiger partial charge in [-0.2, -0.15) is 4.31 Å². The van der Waals surface area contributed by atoms with Gasteiger partial charge in [-0.1, -0.05) is 26.0 Å². The lowest BCUT2D eigenvalue weighted by atomic mass is 9.99. The predicted molar refractivity (Wildman–Crippen MR) is 106 cm³/mol. The minimum Gasteiger partial charge on any atom is -0.336 e. The number of halogens is 2. The number of amides is 1. The Bertz CT molecular complexity index is 985. The molecule has 29 heavy (non-hydrogen) atoms. The first-order chi connectivity index (χ1) is 13.7. The number of rotatable bonds is 5. The summed E-state index contributed by atoms with van der Waals surface area (Å²) in [5, 5.41) is 0. The van der Waals surface area contributed by atoms with Crippen LogP contribution in [0.4, 0.5) is 8.78 Å². The maximum absolute atomic E-state index is 13.9. The Morgan fingerprint density at radius 1 is 1.03 bits per heavy atom. The second-order valence-corrected chi connectivity index (χ2v) is 9.14. The molecule has 0 radical (unpaired) electrons. The van der Waals surface area contributed by atoms with Crippen molar-refractivity contribution in [1.29, 1.82) is 0 Å². The Labute approximate surface area is 170 Å². The average Bonchev–Trinajstić information content (AvgIpc) is 2.73. The summed E-state index contributed by atoms with van der Waals surface area (Å²) in [6.07, 6.45) is 0.969. The summed E-state index contributed by atoms with van der Waals surface area (Å²) in [4.78, 5) is 14.1. The Morgan fingerprint density at radius 2 is 1.66 bits per heavy atom. The Hall–Kier alpha value is -2.32. The van der Waals surface area contributed by atoms with E-state index < -0.39 is 27.6 Å². The van der Waals surface area contributed by atoms with Crippen LogP contribution in [0.15, 0.2) is 47.4 Å². The van der Waals surface area contributed by atoms with E-state index in [1.165, 1.54) is 9.21 Å². The number of sulfonamides is 1. The van der Waals surface area contributed by atoms with Crippen LogP contribution in [0.5, 0.6) is 0 Å². The van der Waals surface area contributed by atoms with Crippen LogP contribution in [0.2, 0.25) is 0 Å². The monoisotopic (exact) mass is 422 g/mol. The van der Waals surface area contributed by atoms with Crippen molar-refractivity contribution in [2.24, 2.45) is 0 Å². The molecule has 2 aromatic rings. The highest BCUT2D eigenvalue weighted by molar-refractivity contribution is 7.89. The van der Waals surface area contributed by atoms with E-state index >= 15 is 0 Å². The molecule has 0 bridgehead atoms. The molecular weight excluding hydrogens is 398 g/mol. The second kappa shape index (κ2) is 8.59. The number of nitrogens with zero attached hydrogens (tertiary/aromatic N) is 2. The van der Waals surface area contributed by atoms with Crippen molar-refractivity contribution in [3.63, 3.8) is 0 Å². The SMILES string of the molecule is CC[C@@H](C)c1ccc(S(=O)(=O)N2CCN(C(=O)c3ccc(F)cc3F)CC2)cc1.